The predicted octanol–water partition coefficient (Wildman–Crippen LogP) is 2.64. The first-order valence-corrected chi connectivity index (χ1v) is 8.81. The largest absolute Gasteiger partial charge is 0.386 e. The number of aliphatic hydroxyl groups is 1. The van der Waals surface area contributed by atoms with E-state index in [1.165, 1.54) is 6.33 Å². The lowest BCUT2D eigenvalue weighted by Crippen LogP contribution is -2.29. The number of fused-ring (bicyclic) bond motifs is 2. The van der Waals surface area contributed by atoms with Crippen molar-refractivity contribution in [3.05, 3.63) is 58.5 Å². The fourth-order valence-corrected chi connectivity index (χ4v) is 4.15. The second-order valence-electron chi connectivity index (χ2n) is 5.91. The van der Waals surface area contributed by atoms with Gasteiger partial charge in [-0.3, -0.25) is 4.79 Å². The van der Waals surface area contributed by atoms with Crippen molar-refractivity contribution in [3.8, 4) is 0 Å². The molecule has 2 aromatic heterocycles. The van der Waals surface area contributed by atoms with Gasteiger partial charge in [0.1, 0.15) is 18.1 Å². The highest BCUT2D eigenvalue weighted by Gasteiger charge is 2.22. The summed E-state index contributed by atoms with van der Waals surface area (Å²) in [6.45, 7) is 0.171. The summed E-state index contributed by atoms with van der Waals surface area (Å²) < 4.78 is 1.13. The molecule has 1 aliphatic rings. The molecule has 1 aliphatic carbocycles. The Labute approximate surface area is 143 Å². The number of amides is 1. The monoisotopic (exact) mass is 339 g/mol. The molecule has 5 nitrogen and oxygen atoms in total. The number of thiophene rings is 1. The predicted molar refractivity (Wildman–Crippen MR) is 93.2 cm³/mol. The van der Waals surface area contributed by atoms with E-state index in [0.717, 1.165) is 45.5 Å². The average molecular weight is 339 g/mol. The van der Waals surface area contributed by atoms with Crippen molar-refractivity contribution < 1.29 is 9.90 Å². The Morgan fingerprint density at radius 2 is 2.17 bits per heavy atom. The lowest BCUT2D eigenvalue weighted by atomic mass is 10.1. The lowest BCUT2D eigenvalue weighted by Gasteiger charge is -2.11. The van der Waals surface area contributed by atoms with Crippen molar-refractivity contribution in [1.29, 1.82) is 0 Å². The Bertz CT molecular complexity index is 873. The van der Waals surface area contributed by atoms with Crippen LogP contribution in [0.5, 0.6) is 0 Å². The summed E-state index contributed by atoms with van der Waals surface area (Å²) in [6.07, 6.45) is 3.49. The first-order chi connectivity index (χ1) is 11.7. The average Bonchev–Trinajstić information content (AvgIpc) is 3.25. The Hall–Kier alpha value is -2.31. The van der Waals surface area contributed by atoms with Crippen LogP contribution >= 0.6 is 11.3 Å². The zero-order chi connectivity index (χ0) is 16.5. The zero-order valence-electron chi connectivity index (χ0n) is 13.0. The third kappa shape index (κ3) is 2.79. The van der Waals surface area contributed by atoms with E-state index in [4.69, 9.17) is 0 Å². The van der Waals surface area contributed by atoms with Crippen LogP contribution in [-0.4, -0.2) is 27.5 Å². The minimum atomic E-state index is -0.721. The number of hydrogen-bond donors (Lipinski definition) is 2. The van der Waals surface area contributed by atoms with E-state index >= 15 is 0 Å². The minimum absolute atomic E-state index is 0.171. The summed E-state index contributed by atoms with van der Waals surface area (Å²) in [6, 6.07) is 9.97. The molecule has 0 spiro atoms. The molecule has 4 rings (SSSR count). The van der Waals surface area contributed by atoms with E-state index in [1.54, 1.807) is 11.3 Å². The molecule has 0 radical (unpaired) electrons. The first kappa shape index (κ1) is 15.2. The fourth-order valence-electron chi connectivity index (χ4n) is 3.10. The second-order valence-corrected chi connectivity index (χ2v) is 7.03. The van der Waals surface area contributed by atoms with Gasteiger partial charge in [-0.25, -0.2) is 9.97 Å². The van der Waals surface area contributed by atoms with E-state index < -0.39 is 6.10 Å². The van der Waals surface area contributed by atoms with Crippen LogP contribution in [-0.2, 0) is 12.8 Å². The maximum Gasteiger partial charge on any atom is 0.270 e. The van der Waals surface area contributed by atoms with E-state index in [0.29, 0.717) is 5.69 Å². The van der Waals surface area contributed by atoms with Crippen LogP contribution in [0.3, 0.4) is 0 Å². The molecule has 1 aromatic carbocycles. The van der Waals surface area contributed by atoms with Gasteiger partial charge in [0.2, 0.25) is 0 Å². The van der Waals surface area contributed by atoms with Gasteiger partial charge in [-0.15, -0.1) is 11.3 Å². The number of nitrogens with zero attached hydrogens (tertiary/aromatic N) is 2. The van der Waals surface area contributed by atoms with Gasteiger partial charge in [0.05, 0.1) is 0 Å². The molecule has 2 N–H and O–H groups in total. The van der Waals surface area contributed by atoms with Gasteiger partial charge in [0.25, 0.3) is 5.91 Å². The summed E-state index contributed by atoms with van der Waals surface area (Å²) in [5.41, 5.74) is 2.37. The van der Waals surface area contributed by atoms with Crippen LogP contribution in [0.25, 0.3) is 10.1 Å². The minimum Gasteiger partial charge on any atom is -0.386 e. The number of aryl methyl sites for hydroxylation is 1. The Kier molecular flexibility index (Phi) is 4.00. The fraction of sp³-hybridized carbons (Fsp3) is 0.278. The SMILES string of the molecule is O=C(NCC(O)c1cc2ccccc2s1)c1ncnc2c1CCC2. The highest BCUT2D eigenvalue weighted by molar-refractivity contribution is 7.19. The number of benzene rings is 1. The van der Waals surface area contributed by atoms with Gasteiger partial charge >= 0.3 is 0 Å². The van der Waals surface area contributed by atoms with Crippen LogP contribution in [0.4, 0.5) is 0 Å². The first-order valence-electron chi connectivity index (χ1n) is 8.00. The van der Waals surface area contributed by atoms with E-state index in [-0.39, 0.29) is 12.5 Å². The number of nitrogens with one attached hydrogen (secondary N) is 1. The molecular weight excluding hydrogens is 322 g/mol. The molecule has 0 bridgehead atoms. The van der Waals surface area contributed by atoms with Crippen LogP contribution in [0.1, 0.15) is 39.1 Å². The van der Waals surface area contributed by atoms with Crippen molar-refractivity contribution >= 4 is 27.3 Å². The molecular formula is C18H17N3O2S. The molecule has 1 amide bonds. The standard InChI is InChI=1S/C18H17N3O2S/c22-14(16-8-11-4-1-2-7-15(11)24-16)9-19-18(23)17-12-5-3-6-13(12)20-10-21-17/h1-2,4,7-8,10,14,22H,3,5-6,9H2,(H,19,23). The molecule has 0 aliphatic heterocycles. The molecule has 1 atom stereocenters. The van der Waals surface area contributed by atoms with Gasteiger partial charge in [0, 0.05) is 27.4 Å². The summed E-state index contributed by atoms with van der Waals surface area (Å²) in [7, 11) is 0. The maximum atomic E-state index is 12.4. The number of carbonyl (C=O) groups is 1. The highest BCUT2D eigenvalue weighted by atomic mass is 32.1. The lowest BCUT2D eigenvalue weighted by molar-refractivity contribution is 0.0912. The van der Waals surface area contributed by atoms with E-state index in [1.807, 2.05) is 30.3 Å². The van der Waals surface area contributed by atoms with Crippen LogP contribution in [0, 0.1) is 0 Å². The quantitative estimate of drug-likeness (QED) is 0.766. The Morgan fingerprint density at radius 3 is 3.04 bits per heavy atom. The summed E-state index contributed by atoms with van der Waals surface area (Å²) in [5, 5.41) is 14.3. The molecule has 2 heterocycles. The van der Waals surface area contributed by atoms with Gasteiger partial charge in [-0.1, -0.05) is 18.2 Å². The van der Waals surface area contributed by atoms with Crippen LogP contribution in [0.2, 0.25) is 0 Å². The van der Waals surface area contributed by atoms with Crippen molar-refractivity contribution in [1.82, 2.24) is 15.3 Å². The van der Waals surface area contributed by atoms with E-state index in [2.05, 4.69) is 15.3 Å². The van der Waals surface area contributed by atoms with Gasteiger partial charge in [0.15, 0.2) is 0 Å². The molecule has 0 saturated carbocycles. The summed E-state index contributed by atoms with van der Waals surface area (Å²) in [5.74, 6) is -0.240. The third-order valence-corrected chi connectivity index (χ3v) is 5.54. The molecule has 3 aromatic rings. The molecule has 122 valence electrons. The second kappa shape index (κ2) is 6.30. The number of hydrogen-bond acceptors (Lipinski definition) is 5. The zero-order valence-corrected chi connectivity index (χ0v) is 13.8. The molecule has 1 unspecified atom stereocenters. The van der Waals surface area contributed by atoms with E-state index in [9.17, 15) is 9.90 Å². The molecule has 0 saturated heterocycles. The van der Waals surface area contributed by atoms with Crippen LogP contribution in [0.15, 0.2) is 36.7 Å². The van der Waals surface area contributed by atoms with Crippen LogP contribution < -0.4 is 5.32 Å². The van der Waals surface area contributed by atoms with Gasteiger partial charge in [-0.2, -0.15) is 0 Å². The summed E-state index contributed by atoms with van der Waals surface area (Å²) >= 11 is 1.55. The van der Waals surface area contributed by atoms with Crippen molar-refractivity contribution in [2.75, 3.05) is 6.54 Å². The summed E-state index contributed by atoms with van der Waals surface area (Å²) in [4.78, 5) is 21.6. The van der Waals surface area contributed by atoms with Crippen molar-refractivity contribution in [3.63, 3.8) is 0 Å². The Balaban J connectivity index is 1.46. The normalized spacial score (nSPS) is 14.5. The van der Waals surface area contributed by atoms with Crippen molar-refractivity contribution in [2.45, 2.75) is 25.4 Å². The van der Waals surface area contributed by atoms with Gasteiger partial charge < -0.3 is 10.4 Å². The number of aromatic nitrogens is 2. The number of rotatable bonds is 4. The number of carbonyl (C=O) groups excluding carboxylic acids is 1. The van der Waals surface area contributed by atoms with Gasteiger partial charge in [-0.05, 0) is 36.8 Å². The maximum absolute atomic E-state index is 12.4. The third-order valence-electron chi connectivity index (χ3n) is 4.32. The molecule has 6 heteroatoms. The Morgan fingerprint density at radius 1 is 1.29 bits per heavy atom. The number of aliphatic hydroxyl groups excluding tert-OH is 1. The van der Waals surface area contributed by atoms with Crippen molar-refractivity contribution in [2.24, 2.45) is 0 Å². The molecule has 24 heavy (non-hydrogen) atoms. The topological polar surface area (TPSA) is 75.1 Å². The molecule has 0 fully saturated rings. The highest BCUT2D eigenvalue weighted by Crippen LogP contribution is 2.29. The smallest absolute Gasteiger partial charge is 0.270 e.